The van der Waals surface area contributed by atoms with E-state index in [9.17, 15) is 8.42 Å². The Labute approximate surface area is 126 Å². The summed E-state index contributed by atoms with van der Waals surface area (Å²) >= 11 is 0. The van der Waals surface area contributed by atoms with Crippen molar-refractivity contribution in [1.82, 2.24) is 9.55 Å². The Morgan fingerprint density at radius 1 is 1.29 bits per heavy atom. The molecule has 1 aliphatic rings. The van der Waals surface area contributed by atoms with E-state index < -0.39 is 9.84 Å². The molecule has 0 saturated heterocycles. The molecule has 5 heteroatoms. The molecule has 4 nitrogen and oxygen atoms in total. The van der Waals surface area contributed by atoms with Crippen LogP contribution in [0.15, 0.2) is 24.3 Å². The fourth-order valence-corrected chi connectivity index (χ4v) is 4.66. The van der Waals surface area contributed by atoms with Crippen LogP contribution in [-0.2, 0) is 16.3 Å². The maximum absolute atomic E-state index is 11.9. The molecular weight excluding hydrogens is 284 g/mol. The van der Waals surface area contributed by atoms with Crippen LogP contribution < -0.4 is 0 Å². The number of hydrogen-bond donors (Lipinski definition) is 0. The molecule has 0 spiro atoms. The van der Waals surface area contributed by atoms with Gasteiger partial charge in [-0.2, -0.15) is 0 Å². The van der Waals surface area contributed by atoms with E-state index in [2.05, 4.69) is 17.6 Å². The minimum Gasteiger partial charge on any atom is -0.325 e. The Morgan fingerprint density at radius 3 is 2.76 bits per heavy atom. The van der Waals surface area contributed by atoms with Gasteiger partial charge in [-0.3, -0.25) is 0 Å². The summed E-state index contributed by atoms with van der Waals surface area (Å²) in [6.07, 6.45) is 5.76. The van der Waals surface area contributed by atoms with E-state index in [0.717, 1.165) is 42.5 Å². The van der Waals surface area contributed by atoms with E-state index in [-0.39, 0.29) is 11.3 Å². The fourth-order valence-electron chi connectivity index (χ4n) is 3.49. The molecular formula is C16H22N2O2S. The molecule has 1 aromatic heterocycles. The van der Waals surface area contributed by atoms with E-state index >= 15 is 0 Å². The highest BCUT2D eigenvalue weighted by molar-refractivity contribution is 7.91. The number of benzene rings is 1. The zero-order valence-corrected chi connectivity index (χ0v) is 13.4. The van der Waals surface area contributed by atoms with Gasteiger partial charge in [0.2, 0.25) is 0 Å². The van der Waals surface area contributed by atoms with Crippen molar-refractivity contribution < 1.29 is 8.42 Å². The average molecular weight is 306 g/mol. The summed E-state index contributed by atoms with van der Waals surface area (Å²) < 4.78 is 26.1. The van der Waals surface area contributed by atoms with Crippen molar-refractivity contribution in [3.05, 3.63) is 30.1 Å². The topological polar surface area (TPSA) is 52.0 Å². The van der Waals surface area contributed by atoms with Crippen molar-refractivity contribution in [1.29, 1.82) is 0 Å². The van der Waals surface area contributed by atoms with Gasteiger partial charge in [-0.1, -0.05) is 25.5 Å². The highest BCUT2D eigenvalue weighted by atomic mass is 32.2. The largest absolute Gasteiger partial charge is 0.325 e. The van der Waals surface area contributed by atoms with Crippen molar-refractivity contribution in [3.8, 4) is 0 Å². The van der Waals surface area contributed by atoms with E-state index in [4.69, 9.17) is 4.98 Å². The van der Waals surface area contributed by atoms with Crippen molar-refractivity contribution in [2.45, 2.75) is 50.3 Å². The number of rotatable bonds is 3. The number of para-hydroxylation sites is 2. The second-order valence-corrected chi connectivity index (χ2v) is 8.34. The normalized spacial score (nSPS) is 23.5. The first-order valence-electron chi connectivity index (χ1n) is 7.65. The second kappa shape index (κ2) is 5.44. The van der Waals surface area contributed by atoms with E-state index in [1.54, 1.807) is 0 Å². The van der Waals surface area contributed by atoms with E-state index in [1.165, 1.54) is 6.26 Å². The lowest BCUT2D eigenvalue weighted by Gasteiger charge is -2.30. The van der Waals surface area contributed by atoms with Gasteiger partial charge < -0.3 is 4.57 Å². The predicted octanol–water partition coefficient (Wildman–Crippen LogP) is 3.13. The molecule has 1 fully saturated rings. The first-order valence-corrected chi connectivity index (χ1v) is 9.61. The molecule has 1 heterocycles. The number of aromatic nitrogens is 2. The fraction of sp³-hybridized carbons (Fsp3) is 0.562. The Kier molecular flexibility index (Phi) is 3.78. The molecule has 3 rings (SSSR count). The highest BCUT2D eigenvalue weighted by Gasteiger charge is 2.31. The van der Waals surface area contributed by atoms with Crippen LogP contribution in [-0.4, -0.2) is 29.5 Å². The van der Waals surface area contributed by atoms with E-state index in [0.29, 0.717) is 6.42 Å². The lowest BCUT2D eigenvalue weighted by Crippen LogP contribution is -2.29. The molecule has 0 amide bonds. The van der Waals surface area contributed by atoms with Gasteiger partial charge in [-0.05, 0) is 31.4 Å². The van der Waals surface area contributed by atoms with Crippen molar-refractivity contribution in [2.24, 2.45) is 0 Å². The minimum atomic E-state index is -2.96. The van der Waals surface area contributed by atoms with Crippen LogP contribution >= 0.6 is 0 Å². The maximum Gasteiger partial charge on any atom is 0.150 e. The molecule has 114 valence electrons. The van der Waals surface area contributed by atoms with Crippen LogP contribution in [0.5, 0.6) is 0 Å². The number of fused-ring (bicyclic) bond motifs is 1. The predicted molar refractivity (Wildman–Crippen MR) is 85.2 cm³/mol. The van der Waals surface area contributed by atoms with Gasteiger partial charge >= 0.3 is 0 Å². The van der Waals surface area contributed by atoms with Gasteiger partial charge in [0.05, 0.1) is 16.3 Å². The number of nitrogens with zero attached hydrogens (tertiary/aromatic N) is 2. The number of imidazole rings is 1. The average Bonchev–Trinajstić information content (AvgIpc) is 2.85. The summed E-state index contributed by atoms with van der Waals surface area (Å²) in [5.41, 5.74) is 2.14. The summed E-state index contributed by atoms with van der Waals surface area (Å²) in [7, 11) is -2.96. The third-order valence-corrected chi connectivity index (χ3v) is 6.19. The molecule has 0 N–H and O–H groups in total. The Bertz CT molecular complexity index is 749. The molecule has 21 heavy (non-hydrogen) atoms. The van der Waals surface area contributed by atoms with Crippen molar-refractivity contribution in [3.63, 3.8) is 0 Å². The van der Waals surface area contributed by atoms with Crippen LogP contribution in [0.25, 0.3) is 11.0 Å². The molecule has 0 bridgehead atoms. The van der Waals surface area contributed by atoms with E-state index in [1.807, 2.05) is 18.2 Å². The Balaban J connectivity index is 2.03. The van der Waals surface area contributed by atoms with Gasteiger partial charge in [0, 0.05) is 18.7 Å². The number of sulfone groups is 1. The first-order chi connectivity index (χ1) is 10.0. The zero-order valence-electron chi connectivity index (χ0n) is 12.6. The summed E-state index contributed by atoms with van der Waals surface area (Å²) in [4.78, 5) is 4.71. The molecule has 1 aromatic carbocycles. The summed E-state index contributed by atoms with van der Waals surface area (Å²) in [5.74, 6) is 1.07. The maximum atomic E-state index is 11.9. The van der Waals surface area contributed by atoms with Gasteiger partial charge in [0.25, 0.3) is 0 Å². The Hall–Kier alpha value is -1.36. The number of aryl methyl sites for hydroxylation is 1. The standard InChI is InChI=1S/C16H22N2O2S/c1-3-16-17-14-9-4-5-10-15(14)18(16)12-7-6-8-13(11-12)21(2,19)20/h4-5,9-10,12-13H,3,6-8,11H2,1-2H3. The van der Waals surface area contributed by atoms with Crippen LogP contribution in [0, 0.1) is 0 Å². The molecule has 2 aromatic rings. The van der Waals surface area contributed by atoms with Crippen molar-refractivity contribution >= 4 is 20.9 Å². The Morgan fingerprint density at radius 2 is 2.05 bits per heavy atom. The summed E-state index contributed by atoms with van der Waals surface area (Å²) in [6.45, 7) is 2.11. The second-order valence-electron chi connectivity index (χ2n) is 6.01. The van der Waals surface area contributed by atoms with Crippen LogP contribution in [0.4, 0.5) is 0 Å². The lowest BCUT2D eigenvalue weighted by atomic mass is 9.94. The summed E-state index contributed by atoms with van der Waals surface area (Å²) in [5, 5.41) is -0.206. The quantitative estimate of drug-likeness (QED) is 0.875. The van der Waals surface area contributed by atoms with Gasteiger partial charge in [-0.25, -0.2) is 13.4 Å². The van der Waals surface area contributed by atoms with Crippen LogP contribution in [0.3, 0.4) is 0 Å². The minimum absolute atomic E-state index is 0.206. The smallest absolute Gasteiger partial charge is 0.150 e. The third kappa shape index (κ3) is 2.71. The SMILES string of the molecule is CCc1nc2ccccc2n1C1CCCC(S(C)(=O)=O)C1. The highest BCUT2D eigenvalue weighted by Crippen LogP contribution is 2.35. The van der Waals surface area contributed by atoms with Crippen molar-refractivity contribution in [2.75, 3.05) is 6.26 Å². The van der Waals surface area contributed by atoms with Crippen LogP contribution in [0.2, 0.25) is 0 Å². The first kappa shape index (κ1) is 14.6. The lowest BCUT2D eigenvalue weighted by molar-refractivity contribution is 0.352. The molecule has 2 unspecified atom stereocenters. The monoisotopic (exact) mass is 306 g/mol. The van der Waals surface area contributed by atoms with Gasteiger partial charge in [0.15, 0.2) is 0 Å². The summed E-state index contributed by atoms with van der Waals surface area (Å²) in [6, 6.07) is 8.39. The van der Waals surface area contributed by atoms with Gasteiger partial charge in [-0.15, -0.1) is 0 Å². The molecule has 1 saturated carbocycles. The molecule has 0 aliphatic heterocycles. The molecule has 1 aliphatic carbocycles. The number of hydrogen-bond acceptors (Lipinski definition) is 3. The third-order valence-electron chi connectivity index (χ3n) is 4.55. The van der Waals surface area contributed by atoms with Crippen LogP contribution in [0.1, 0.15) is 44.5 Å². The molecule has 2 atom stereocenters. The van der Waals surface area contributed by atoms with Gasteiger partial charge in [0.1, 0.15) is 15.7 Å². The molecule has 0 radical (unpaired) electrons. The zero-order chi connectivity index (χ0) is 15.0.